The van der Waals surface area contributed by atoms with Gasteiger partial charge in [-0.2, -0.15) is 0 Å². The van der Waals surface area contributed by atoms with Crippen molar-refractivity contribution in [1.82, 2.24) is 9.88 Å². The lowest BCUT2D eigenvalue weighted by molar-refractivity contribution is -0.883. The van der Waals surface area contributed by atoms with Crippen LogP contribution < -0.4 is 4.90 Å². The van der Waals surface area contributed by atoms with Gasteiger partial charge in [0, 0.05) is 10.3 Å². The molecule has 0 atom stereocenters. The van der Waals surface area contributed by atoms with E-state index in [4.69, 9.17) is 4.98 Å². The molecule has 128 valence electrons. The van der Waals surface area contributed by atoms with Gasteiger partial charge < -0.3 is 9.80 Å². The zero-order chi connectivity index (χ0) is 17.4. The summed E-state index contributed by atoms with van der Waals surface area (Å²) in [7, 11) is 2.18. The smallest absolute Gasteiger partial charge is 0.255 e. The molecule has 0 unspecified atom stereocenters. The van der Waals surface area contributed by atoms with Crippen LogP contribution in [0.4, 0.5) is 0 Å². The van der Waals surface area contributed by atoms with Crippen molar-refractivity contribution in [3.63, 3.8) is 0 Å². The number of thiophene rings is 1. The molecule has 0 saturated carbocycles. The number of fused-ring (bicyclic) bond motifs is 1. The van der Waals surface area contributed by atoms with Gasteiger partial charge in [-0.3, -0.25) is 4.79 Å². The number of hydrogen-bond donors (Lipinski definition) is 1. The zero-order valence-corrected chi connectivity index (χ0v) is 15.4. The van der Waals surface area contributed by atoms with Gasteiger partial charge in [0.1, 0.15) is 0 Å². The van der Waals surface area contributed by atoms with Gasteiger partial charge in [-0.05, 0) is 31.2 Å². The third-order valence-electron chi connectivity index (χ3n) is 4.84. The lowest BCUT2D eigenvalue weighted by Crippen LogP contribution is -3.12. The van der Waals surface area contributed by atoms with E-state index in [0.717, 1.165) is 53.2 Å². The van der Waals surface area contributed by atoms with Crippen molar-refractivity contribution in [3.05, 3.63) is 52.9 Å². The summed E-state index contributed by atoms with van der Waals surface area (Å²) >= 11 is 1.71. The fraction of sp³-hybridized carbons (Fsp3) is 0.300. The third kappa shape index (κ3) is 3.17. The van der Waals surface area contributed by atoms with Gasteiger partial charge in [0.05, 0.1) is 54.9 Å². The molecule has 1 N–H and O–H groups in total. The first kappa shape index (κ1) is 16.2. The monoisotopic (exact) mass is 352 g/mol. The summed E-state index contributed by atoms with van der Waals surface area (Å²) in [5.74, 6) is 0.126. The molecule has 3 heterocycles. The average molecular weight is 352 g/mol. The van der Waals surface area contributed by atoms with Gasteiger partial charge in [0.25, 0.3) is 5.91 Å². The topological polar surface area (TPSA) is 37.6 Å². The molecular weight excluding hydrogens is 330 g/mol. The van der Waals surface area contributed by atoms with E-state index in [1.807, 2.05) is 35.2 Å². The molecule has 25 heavy (non-hydrogen) atoms. The summed E-state index contributed by atoms with van der Waals surface area (Å²) in [6, 6.07) is 14.1. The number of aromatic nitrogens is 1. The number of carbonyl (C=O) groups is 1. The Morgan fingerprint density at radius 1 is 1.16 bits per heavy atom. The van der Waals surface area contributed by atoms with E-state index in [1.165, 1.54) is 9.78 Å². The molecule has 1 aliphatic rings. The van der Waals surface area contributed by atoms with E-state index in [0.29, 0.717) is 0 Å². The Hall–Kier alpha value is -2.24. The average Bonchev–Trinajstić information content (AvgIpc) is 3.07. The van der Waals surface area contributed by atoms with Crippen molar-refractivity contribution in [2.45, 2.75) is 6.92 Å². The number of rotatable bonds is 2. The van der Waals surface area contributed by atoms with Crippen LogP contribution in [0.5, 0.6) is 0 Å². The highest BCUT2D eigenvalue weighted by Gasteiger charge is 2.24. The van der Waals surface area contributed by atoms with Crippen LogP contribution in [0.3, 0.4) is 0 Å². The molecule has 3 aromatic rings. The van der Waals surface area contributed by atoms with E-state index in [1.54, 1.807) is 11.3 Å². The van der Waals surface area contributed by atoms with Crippen molar-refractivity contribution in [3.8, 4) is 10.6 Å². The fourth-order valence-electron chi connectivity index (χ4n) is 3.31. The van der Waals surface area contributed by atoms with E-state index in [-0.39, 0.29) is 5.91 Å². The van der Waals surface area contributed by atoms with Crippen molar-refractivity contribution in [2.75, 3.05) is 33.2 Å². The minimum atomic E-state index is 0.126. The number of hydrogen-bond acceptors (Lipinski definition) is 3. The SMILES string of the molecule is Cc1ccc(-c2cc(C(=O)N3CC[NH+](C)CC3)c3ccccc3n2)s1. The van der Waals surface area contributed by atoms with Gasteiger partial charge in [0.15, 0.2) is 0 Å². The number of carbonyl (C=O) groups excluding carboxylic acids is 1. The second-order valence-corrected chi connectivity index (χ2v) is 8.02. The van der Waals surface area contributed by atoms with Crippen LogP contribution in [0.15, 0.2) is 42.5 Å². The van der Waals surface area contributed by atoms with Crippen molar-refractivity contribution < 1.29 is 9.69 Å². The van der Waals surface area contributed by atoms with Crippen LogP contribution in [0.2, 0.25) is 0 Å². The predicted octanol–water partition coefficient (Wildman–Crippen LogP) is 2.24. The van der Waals surface area contributed by atoms with Crippen LogP contribution in [0, 0.1) is 6.92 Å². The summed E-state index contributed by atoms with van der Waals surface area (Å²) in [6.07, 6.45) is 0. The van der Waals surface area contributed by atoms with Crippen LogP contribution in [0.1, 0.15) is 15.2 Å². The number of nitrogens with zero attached hydrogens (tertiary/aromatic N) is 2. The molecule has 4 rings (SSSR count). The quantitative estimate of drug-likeness (QED) is 0.768. The predicted molar refractivity (Wildman–Crippen MR) is 102 cm³/mol. The number of aryl methyl sites for hydroxylation is 1. The molecule has 5 heteroatoms. The standard InChI is InChI=1S/C20H21N3OS/c1-14-7-8-19(25-14)18-13-16(15-5-3-4-6-17(15)21-18)20(24)23-11-9-22(2)10-12-23/h3-8,13H,9-12H2,1-2H3/p+1. The van der Waals surface area contributed by atoms with E-state index in [2.05, 4.69) is 26.1 Å². The van der Waals surface area contributed by atoms with E-state index >= 15 is 0 Å². The van der Waals surface area contributed by atoms with E-state index in [9.17, 15) is 4.79 Å². The second kappa shape index (κ2) is 6.58. The molecule has 0 spiro atoms. The van der Waals surface area contributed by atoms with Gasteiger partial charge in [-0.25, -0.2) is 4.98 Å². The van der Waals surface area contributed by atoms with Gasteiger partial charge >= 0.3 is 0 Å². The first-order chi connectivity index (χ1) is 12.1. The Kier molecular flexibility index (Phi) is 4.27. The normalized spacial score (nSPS) is 15.7. The first-order valence-corrected chi connectivity index (χ1v) is 9.50. The highest BCUT2D eigenvalue weighted by Crippen LogP contribution is 2.30. The van der Waals surface area contributed by atoms with Gasteiger partial charge in [-0.1, -0.05) is 18.2 Å². The van der Waals surface area contributed by atoms with Crippen LogP contribution >= 0.6 is 11.3 Å². The number of likely N-dealkylation sites (N-methyl/N-ethyl adjacent to an activating group) is 1. The maximum absolute atomic E-state index is 13.2. The number of nitrogens with one attached hydrogen (secondary N) is 1. The highest BCUT2D eigenvalue weighted by molar-refractivity contribution is 7.15. The lowest BCUT2D eigenvalue weighted by Gasteiger charge is -2.30. The molecule has 1 amide bonds. The maximum atomic E-state index is 13.2. The molecule has 2 aromatic heterocycles. The number of piperazine rings is 1. The molecule has 4 nitrogen and oxygen atoms in total. The van der Waals surface area contributed by atoms with E-state index < -0.39 is 0 Å². The Morgan fingerprint density at radius 2 is 1.92 bits per heavy atom. The maximum Gasteiger partial charge on any atom is 0.255 e. The fourth-order valence-corrected chi connectivity index (χ4v) is 4.14. The second-order valence-electron chi connectivity index (χ2n) is 6.73. The summed E-state index contributed by atoms with van der Waals surface area (Å²) in [5, 5.41) is 0.941. The van der Waals surface area contributed by atoms with Crippen molar-refractivity contribution in [1.29, 1.82) is 0 Å². The van der Waals surface area contributed by atoms with Crippen molar-refractivity contribution in [2.24, 2.45) is 0 Å². The van der Waals surface area contributed by atoms with Crippen molar-refractivity contribution >= 4 is 28.1 Å². The van der Waals surface area contributed by atoms with Gasteiger partial charge in [-0.15, -0.1) is 11.3 Å². The lowest BCUT2D eigenvalue weighted by atomic mass is 10.1. The molecule has 0 radical (unpaired) electrons. The van der Waals surface area contributed by atoms with Crippen LogP contribution in [0.25, 0.3) is 21.5 Å². The summed E-state index contributed by atoms with van der Waals surface area (Å²) in [6.45, 7) is 5.73. The third-order valence-corrected chi connectivity index (χ3v) is 5.87. The summed E-state index contributed by atoms with van der Waals surface area (Å²) in [4.78, 5) is 23.8. The number of amides is 1. The largest absolute Gasteiger partial charge is 0.334 e. The molecule has 1 fully saturated rings. The molecule has 1 aromatic carbocycles. The summed E-state index contributed by atoms with van der Waals surface area (Å²) in [5.41, 5.74) is 2.54. The molecule has 1 aliphatic heterocycles. The number of benzene rings is 1. The molecule has 1 saturated heterocycles. The van der Waals surface area contributed by atoms with Crippen LogP contribution in [-0.4, -0.2) is 49.0 Å². The minimum Gasteiger partial charge on any atom is -0.334 e. The molecular formula is C20H22N3OS+. The Morgan fingerprint density at radius 3 is 2.64 bits per heavy atom. The number of pyridine rings is 1. The minimum absolute atomic E-state index is 0.126. The summed E-state index contributed by atoms with van der Waals surface area (Å²) < 4.78 is 0. The molecule has 0 bridgehead atoms. The Labute approximate surface area is 151 Å². The first-order valence-electron chi connectivity index (χ1n) is 8.69. The number of quaternary nitrogens is 1. The Bertz CT molecular complexity index is 926. The molecule has 0 aliphatic carbocycles. The van der Waals surface area contributed by atoms with Gasteiger partial charge in [0.2, 0.25) is 0 Å². The highest BCUT2D eigenvalue weighted by atomic mass is 32.1. The van der Waals surface area contributed by atoms with Crippen LogP contribution in [-0.2, 0) is 0 Å². The Balaban J connectivity index is 1.80. The number of para-hydroxylation sites is 1. The zero-order valence-electron chi connectivity index (χ0n) is 14.6.